The monoisotopic (exact) mass is 763 g/mol. The first-order valence-electron chi connectivity index (χ1n) is 20.3. The fourth-order valence-corrected chi connectivity index (χ4v) is 10.2. The minimum Gasteiger partial charge on any atom is -0.309 e. The highest BCUT2D eigenvalue weighted by atomic mass is 15.0. The van der Waals surface area contributed by atoms with Crippen molar-refractivity contribution in [1.29, 1.82) is 5.26 Å². The van der Waals surface area contributed by atoms with Gasteiger partial charge in [0.1, 0.15) is 0 Å². The molecule has 4 aromatic heterocycles. The van der Waals surface area contributed by atoms with E-state index in [1.165, 1.54) is 32.6 Å². The summed E-state index contributed by atoms with van der Waals surface area (Å²) in [7, 11) is 0. The largest absolute Gasteiger partial charge is 0.309 e. The van der Waals surface area contributed by atoms with Crippen LogP contribution in [0.15, 0.2) is 200 Å². The second-order valence-corrected chi connectivity index (χ2v) is 15.6. The zero-order valence-electron chi connectivity index (χ0n) is 32.3. The molecule has 60 heavy (non-hydrogen) atoms. The van der Waals surface area contributed by atoms with Gasteiger partial charge < -0.3 is 18.3 Å². The maximum absolute atomic E-state index is 10.8. The van der Waals surface area contributed by atoms with E-state index in [1.54, 1.807) is 0 Å². The molecule has 5 nitrogen and oxygen atoms in total. The quantitative estimate of drug-likeness (QED) is 0.176. The van der Waals surface area contributed by atoms with E-state index in [9.17, 15) is 5.26 Å². The van der Waals surface area contributed by atoms with Crippen molar-refractivity contribution in [3.63, 3.8) is 0 Å². The van der Waals surface area contributed by atoms with Crippen LogP contribution in [0.5, 0.6) is 0 Å². The minimum atomic E-state index is 0.657. The number of benzene rings is 9. The van der Waals surface area contributed by atoms with E-state index in [0.717, 1.165) is 77.4 Å². The number of rotatable bonds is 4. The van der Waals surface area contributed by atoms with E-state index in [2.05, 4.69) is 212 Å². The molecule has 0 aliphatic carbocycles. The molecule has 0 radical (unpaired) electrons. The standard InChI is InChI=1S/C55H33N5/c56-34-35-15-14-26-48-51(35)53-50(32-29-43-41-23-11-13-25-46(41)60(55(43)53)38-20-8-3-9-21-38)58(48)39-27-30-47-44(33-39)52-49(57(47)36-16-4-1-5-17-36)31-28-42-40-22-10-12-24-45(40)59(54(42)52)37-18-6-2-7-19-37/h1-33H. The maximum atomic E-state index is 10.8. The van der Waals surface area contributed by atoms with Crippen LogP contribution in [-0.2, 0) is 0 Å². The Balaban J connectivity index is 1.21. The average molecular weight is 764 g/mol. The van der Waals surface area contributed by atoms with Crippen LogP contribution in [0.4, 0.5) is 0 Å². The Morgan fingerprint density at radius 1 is 0.283 bits per heavy atom. The first kappa shape index (κ1) is 32.7. The molecule has 9 aromatic carbocycles. The summed E-state index contributed by atoms with van der Waals surface area (Å²) in [5, 5.41) is 19.9. The lowest BCUT2D eigenvalue weighted by Gasteiger charge is -2.11. The van der Waals surface area contributed by atoms with Gasteiger partial charge in [-0.2, -0.15) is 5.26 Å². The second kappa shape index (κ2) is 12.3. The van der Waals surface area contributed by atoms with Crippen LogP contribution in [0.25, 0.3) is 110 Å². The molecule has 0 spiro atoms. The lowest BCUT2D eigenvalue weighted by atomic mass is 10.0. The van der Waals surface area contributed by atoms with E-state index in [-0.39, 0.29) is 0 Å². The molecule has 0 aliphatic rings. The fourth-order valence-electron chi connectivity index (χ4n) is 10.2. The van der Waals surface area contributed by atoms with Crippen LogP contribution in [0, 0.1) is 11.3 Å². The van der Waals surface area contributed by atoms with E-state index in [0.29, 0.717) is 5.56 Å². The van der Waals surface area contributed by atoms with Gasteiger partial charge in [-0.25, -0.2) is 0 Å². The molecule has 0 unspecified atom stereocenters. The first-order valence-corrected chi connectivity index (χ1v) is 20.3. The van der Waals surface area contributed by atoms with Crippen LogP contribution >= 0.6 is 0 Å². The summed E-state index contributed by atoms with van der Waals surface area (Å²) >= 11 is 0. The zero-order valence-corrected chi connectivity index (χ0v) is 32.3. The van der Waals surface area contributed by atoms with Gasteiger partial charge in [-0.15, -0.1) is 0 Å². The van der Waals surface area contributed by atoms with E-state index in [1.807, 2.05) is 12.1 Å². The molecule has 0 saturated heterocycles. The van der Waals surface area contributed by atoms with Gasteiger partial charge in [0.15, 0.2) is 0 Å². The Labute approximate surface area is 344 Å². The highest BCUT2D eigenvalue weighted by molar-refractivity contribution is 6.28. The molecular weight excluding hydrogens is 731 g/mol. The summed E-state index contributed by atoms with van der Waals surface area (Å²) in [6, 6.07) is 74.1. The van der Waals surface area contributed by atoms with Crippen molar-refractivity contribution in [2.45, 2.75) is 0 Å². The van der Waals surface area contributed by atoms with Gasteiger partial charge in [0.2, 0.25) is 0 Å². The molecule has 0 saturated carbocycles. The number of fused-ring (bicyclic) bond motifs is 14. The van der Waals surface area contributed by atoms with Crippen molar-refractivity contribution >= 4 is 87.2 Å². The van der Waals surface area contributed by atoms with Gasteiger partial charge in [-0.1, -0.05) is 109 Å². The maximum Gasteiger partial charge on any atom is 0.0999 e. The Kier molecular flexibility index (Phi) is 6.73. The third-order valence-electron chi connectivity index (χ3n) is 12.6. The first-order chi connectivity index (χ1) is 29.8. The normalized spacial score (nSPS) is 12.0. The van der Waals surface area contributed by atoms with Crippen molar-refractivity contribution in [1.82, 2.24) is 18.3 Å². The third-order valence-corrected chi connectivity index (χ3v) is 12.6. The lowest BCUT2D eigenvalue weighted by molar-refractivity contribution is 1.16. The lowest BCUT2D eigenvalue weighted by Crippen LogP contribution is -1.96. The Hall–Kier alpha value is -8.33. The molecule has 0 aliphatic heterocycles. The summed E-state index contributed by atoms with van der Waals surface area (Å²) in [5.41, 5.74) is 13.9. The summed E-state index contributed by atoms with van der Waals surface area (Å²) in [5.74, 6) is 0. The van der Waals surface area contributed by atoms with Gasteiger partial charge in [0, 0.05) is 65.8 Å². The number of hydrogen-bond acceptors (Lipinski definition) is 1. The van der Waals surface area contributed by atoms with E-state index in [4.69, 9.17) is 0 Å². The highest BCUT2D eigenvalue weighted by Gasteiger charge is 2.25. The number of hydrogen-bond donors (Lipinski definition) is 0. The van der Waals surface area contributed by atoms with Crippen molar-refractivity contribution in [3.8, 4) is 28.8 Å². The Morgan fingerprint density at radius 2 is 0.717 bits per heavy atom. The molecule has 0 fully saturated rings. The molecule has 0 atom stereocenters. The predicted octanol–water partition coefficient (Wildman–Crippen LogP) is 13.9. The van der Waals surface area contributed by atoms with Gasteiger partial charge in [-0.05, 0) is 91.0 Å². The summed E-state index contributed by atoms with van der Waals surface area (Å²) in [4.78, 5) is 0. The van der Waals surface area contributed by atoms with Crippen LogP contribution < -0.4 is 0 Å². The highest BCUT2D eigenvalue weighted by Crippen LogP contribution is 2.46. The summed E-state index contributed by atoms with van der Waals surface area (Å²) in [6.45, 7) is 0. The second-order valence-electron chi connectivity index (χ2n) is 15.6. The average Bonchev–Trinajstić information content (AvgIpc) is 4.04. The van der Waals surface area contributed by atoms with Gasteiger partial charge in [-0.3, -0.25) is 0 Å². The molecular formula is C55H33N5. The SMILES string of the molecule is N#Cc1cccc2c1c1c(ccc3c4ccccc4n(-c4ccccc4)c31)n2-c1ccc2c(c1)c1c(ccc3c4ccccc4n(-c4ccccc4)c31)n2-c1ccccc1. The van der Waals surface area contributed by atoms with Crippen molar-refractivity contribution < 1.29 is 0 Å². The minimum absolute atomic E-state index is 0.657. The number of aromatic nitrogens is 4. The smallest absolute Gasteiger partial charge is 0.0999 e. The molecule has 0 N–H and O–H groups in total. The zero-order chi connectivity index (χ0) is 39.5. The molecule has 0 amide bonds. The molecule has 278 valence electrons. The number of para-hydroxylation sites is 5. The molecule has 13 rings (SSSR count). The predicted molar refractivity (Wildman–Crippen MR) is 249 cm³/mol. The van der Waals surface area contributed by atoms with Crippen molar-refractivity contribution in [3.05, 3.63) is 206 Å². The fraction of sp³-hybridized carbons (Fsp3) is 0. The van der Waals surface area contributed by atoms with Gasteiger partial charge >= 0.3 is 0 Å². The van der Waals surface area contributed by atoms with Crippen molar-refractivity contribution in [2.24, 2.45) is 0 Å². The van der Waals surface area contributed by atoms with Crippen LogP contribution in [0.3, 0.4) is 0 Å². The third kappa shape index (κ3) is 4.34. The molecule has 4 heterocycles. The summed E-state index contributed by atoms with van der Waals surface area (Å²) < 4.78 is 9.59. The number of nitriles is 1. The van der Waals surface area contributed by atoms with Crippen molar-refractivity contribution in [2.75, 3.05) is 0 Å². The van der Waals surface area contributed by atoms with Crippen LogP contribution in [0.2, 0.25) is 0 Å². The Bertz CT molecular complexity index is 3930. The molecule has 0 bridgehead atoms. The van der Waals surface area contributed by atoms with Gasteiger partial charge in [0.25, 0.3) is 0 Å². The van der Waals surface area contributed by atoms with Gasteiger partial charge in [0.05, 0.1) is 55.8 Å². The van der Waals surface area contributed by atoms with Crippen LogP contribution in [0.1, 0.15) is 5.56 Å². The number of nitrogens with zero attached hydrogens (tertiary/aromatic N) is 5. The summed E-state index contributed by atoms with van der Waals surface area (Å²) in [6.07, 6.45) is 0. The molecule has 13 aromatic rings. The van der Waals surface area contributed by atoms with Crippen LogP contribution in [-0.4, -0.2) is 18.3 Å². The Morgan fingerprint density at radius 3 is 1.30 bits per heavy atom. The van der Waals surface area contributed by atoms with E-state index < -0.39 is 0 Å². The molecule has 5 heteroatoms. The topological polar surface area (TPSA) is 43.5 Å². The van der Waals surface area contributed by atoms with E-state index >= 15 is 0 Å².